The number of amides is 2. The van der Waals surface area contributed by atoms with Crippen molar-refractivity contribution in [3.05, 3.63) is 65.2 Å². The van der Waals surface area contributed by atoms with Gasteiger partial charge in [-0.1, -0.05) is 18.2 Å². The molecule has 2 aromatic carbocycles. The Hall–Kier alpha value is -2.87. The maximum absolute atomic E-state index is 13.0. The Morgan fingerprint density at radius 1 is 1.08 bits per heavy atom. The average Bonchev–Trinajstić information content (AvgIpc) is 2.58. The van der Waals surface area contributed by atoms with Crippen LogP contribution in [0.5, 0.6) is 0 Å². The van der Waals surface area contributed by atoms with Crippen LogP contribution in [0.15, 0.2) is 48.5 Å². The predicted octanol–water partition coefficient (Wildman–Crippen LogP) is 3.13. The molecular weight excluding hydrogens is 349 g/mol. The first-order valence-electron chi connectivity index (χ1n) is 7.68. The molecule has 0 radical (unpaired) electrons. The molecule has 0 aliphatic heterocycles. The summed E-state index contributed by atoms with van der Waals surface area (Å²) >= 11 is 0. The SMILES string of the molecule is CC(=O)Nc1ccc(C(=O)NCC(O)c2ccccc2C(F)(F)F)cc1. The second kappa shape index (κ2) is 8.01. The summed E-state index contributed by atoms with van der Waals surface area (Å²) in [5, 5.41) is 15.0. The summed E-state index contributed by atoms with van der Waals surface area (Å²) in [6.07, 6.45) is -6.10. The van der Waals surface area contributed by atoms with Crippen molar-refractivity contribution in [3.8, 4) is 0 Å². The lowest BCUT2D eigenvalue weighted by Crippen LogP contribution is -2.29. The Kier molecular flexibility index (Phi) is 5.99. The minimum absolute atomic E-state index is 0.246. The number of nitrogens with one attached hydrogen (secondary N) is 2. The van der Waals surface area contributed by atoms with Gasteiger partial charge in [-0.05, 0) is 35.9 Å². The monoisotopic (exact) mass is 366 g/mol. The Morgan fingerprint density at radius 2 is 1.69 bits per heavy atom. The molecule has 3 N–H and O–H groups in total. The van der Waals surface area contributed by atoms with Crippen molar-refractivity contribution >= 4 is 17.5 Å². The van der Waals surface area contributed by atoms with E-state index in [4.69, 9.17) is 0 Å². The van der Waals surface area contributed by atoms with Gasteiger partial charge in [0.2, 0.25) is 5.91 Å². The van der Waals surface area contributed by atoms with E-state index in [1.807, 2.05) is 0 Å². The highest BCUT2D eigenvalue weighted by Gasteiger charge is 2.34. The minimum Gasteiger partial charge on any atom is -0.387 e. The fourth-order valence-electron chi connectivity index (χ4n) is 2.36. The van der Waals surface area contributed by atoms with Gasteiger partial charge in [-0.15, -0.1) is 0 Å². The second-order valence-corrected chi connectivity index (χ2v) is 5.57. The van der Waals surface area contributed by atoms with Crippen molar-refractivity contribution in [1.82, 2.24) is 5.32 Å². The van der Waals surface area contributed by atoms with E-state index in [1.165, 1.54) is 49.4 Å². The molecule has 0 aliphatic carbocycles. The lowest BCUT2D eigenvalue weighted by Gasteiger charge is -2.18. The van der Waals surface area contributed by atoms with Crippen LogP contribution in [0.2, 0.25) is 0 Å². The molecule has 138 valence electrons. The molecule has 2 aromatic rings. The normalized spacial score (nSPS) is 12.3. The molecule has 0 bridgehead atoms. The highest BCUT2D eigenvalue weighted by molar-refractivity contribution is 5.95. The zero-order valence-electron chi connectivity index (χ0n) is 13.8. The van der Waals surface area contributed by atoms with Gasteiger partial charge >= 0.3 is 6.18 Å². The number of aliphatic hydroxyl groups is 1. The second-order valence-electron chi connectivity index (χ2n) is 5.57. The Labute approximate surface area is 147 Å². The third-order valence-electron chi connectivity index (χ3n) is 3.55. The molecule has 26 heavy (non-hydrogen) atoms. The van der Waals surface area contributed by atoms with E-state index < -0.39 is 23.8 Å². The van der Waals surface area contributed by atoms with E-state index in [9.17, 15) is 27.9 Å². The first-order valence-corrected chi connectivity index (χ1v) is 7.68. The number of halogens is 3. The Balaban J connectivity index is 2.02. The molecular formula is C18H17F3N2O3. The van der Waals surface area contributed by atoms with Crippen LogP contribution < -0.4 is 10.6 Å². The van der Waals surface area contributed by atoms with E-state index in [2.05, 4.69) is 10.6 Å². The van der Waals surface area contributed by atoms with Crippen molar-refractivity contribution in [2.45, 2.75) is 19.2 Å². The van der Waals surface area contributed by atoms with E-state index in [1.54, 1.807) is 0 Å². The molecule has 2 amide bonds. The Morgan fingerprint density at radius 3 is 2.27 bits per heavy atom. The summed E-state index contributed by atoms with van der Waals surface area (Å²) in [6.45, 7) is 0.972. The molecule has 8 heteroatoms. The van der Waals surface area contributed by atoms with Crippen LogP contribution >= 0.6 is 0 Å². The summed E-state index contributed by atoms with van der Waals surface area (Å²) in [5.74, 6) is -0.809. The fraction of sp³-hybridized carbons (Fsp3) is 0.222. The predicted molar refractivity (Wildman–Crippen MR) is 89.5 cm³/mol. The molecule has 0 fully saturated rings. The third-order valence-corrected chi connectivity index (χ3v) is 3.55. The molecule has 0 spiro atoms. The Bertz CT molecular complexity index is 789. The molecule has 0 heterocycles. The topological polar surface area (TPSA) is 78.4 Å². The van der Waals surface area contributed by atoms with Crippen molar-refractivity contribution < 1.29 is 27.9 Å². The van der Waals surface area contributed by atoms with Gasteiger partial charge in [-0.2, -0.15) is 13.2 Å². The van der Waals surface area contributed by atoms with Crippen LogP contribution in [0.25, 0.3) is 0 Å². The van der Waals surface area contributed by atoms with Crippen LogP contribution in [0.3, 0.4) is 0 Å². The number of benzene rings is 2. The average molecular weight is 366 g/mol. The number of hydrogen-bond acceptors (Lipinski definition) is 3. The zero-order chi connectivity index (χ0) is 19.3. The van der Waals surface area contributed by atoms with Crippen molar-refractivity contribution in [2.75, 3.05) is 11.9 Å². The highest BCUT2D eigenvalue weighted by atomic mass is 19.4. The highest BCUT2D eigenvalue weighted by Crippen LogP contribution is 2.34. The van der Waals surface area contributed by atoms with Crippen molar-refractivity contribution in [3.63, 3.8) is 0 Å². The smallest absolute Gasteiger partial charge is 0.387 e. The van der Waals surface area contributed by atoms with Crippen LogP contribution in [-0.2, 0) is 11.0 Å². The van der Waals surface area contributed by atoms with Gasteiger partial charge in [0.15, 0.2) is 0 Å². The van der Waals surface area contributed by atoms with E-state index in [0.717, 1.165) is 6.07 Å². The van der Waals surface area contributed by atoms with E-state index >= 15 is 0 Å². The van der Waals surface area contributed by atoms with Crippen LogP contribution in [0.1, 0.15) is 34.5 Å². The standard InChI is InChI=1S/C18H17F3N2O3/c1-11(24)23-13-8-6-12(7-9-13)17(26)22-10-16(25)14-4-2-3-5-15(14)18(19,20)21/h2-9,16,25H,10H2,1H3,(H,22,26)(H,23,24). The molecule has 0 aliphatic rings. The summed E-state index contributed by atoms with van der Waals surface area (Å²) < 4.78 is 38.9. The number of rotatable bonds is 5. The summed E-state index contributed by atoms with van der Waals surface area (Å²) in [5.41, 5.74) is -0.494. The summed E-state index contributed by atoms with van der Waals surface area (Å²) in [7, 11) is 0. The lowest BCUT2D eigenvalue weighted by molar-refractivity contribution is -0.139. The first-order chi connectivity index (χ1) is 12.2. The largest absolute Gasteiger partial charge is 0.416 e. The van der Waals surface area contributed by atoms with Crippen LogP contribution in [-0.4, -0.2) is 23.5 Å². The van der Waals surface area contributed by atoms with E-state index in [-0.39, 0.29) is 23.6 Å². The molecule has 5 nitrogen and oxygen atoms in total. The van der Waals surface area contributed by atoms with Gasteiger partial charge < -0.3 is 15.7 Å². The van der Waals surface area contributed by atoms with Gasteiger partial charge in [-0.25, -0.2) is 0 Å². The minimum atomic E-state index is -4.60. The molecule has 0 saturated carbocycles. The number of hydrogen-bond donors (Lipinski definition) is 3. The van der Waals surface area contributed by atoms with Gasteiger partial charge in [0.05, 0.1) is 11.7 Å². The van der Waals surface area contributed by atoms with Gasteiger partial charge in [0.25, 0.3) is 5.91 Å². The van der Waals surface area contributed by atoms with Crippen molar-refractivity contribution in [1.29, 1.82) is 0 Å². The summed E-state index contributed by atoms with van der Waals surface area (Å²) in [6, 6.07) is 10.6. The maximum atomic E-state index is 13.0. The number of aliphatic hydroxyl groups excluding tert-OH is 1. The summed E-state index contributed by atoms with van der Waals surface area (Å²) in [4.78, 5) is 23.0. The molecule has 0 saturated heterocycles. The van der Waals surface area contributed by atoms with Crippen molar-refractivity contribution in [2.24, 2.45) is 0 Å². The molecule has 1 unspecified atom stereocenters. The number of carbonyl (C=O) groups is 2. The number of anilines is 1. The molecule has 0 aromatic heterocycles. The third kappa shape index (κ3) is 5.06. The molecule has 1 atom stereocenters. The fourth-order valence-corrected chi connectivity index (χ4v) is 2.36. The number of alkyl halides is 3. The van der Waals surface area contributed by atoms with E-state index in [0.29, 0.717) is 5.69 Å². The first kappa shape index (κ1) is 19.5. The van der Waals surface area contributed by atoms with Crippen LogP contribution in [0, 0.1) is 0 Å². The quantitative estimate of drug-likeness (QED) is 0.761. The lowest BCUT2D eigenvalue weighted by atomic mass is 10.0. The number of carbonyl (C=O) groups excluding carboxylic acids is 2. The molecule has 2 rings (SSSR count). The van der Waals surface area contributed by atoms with Crippen LogP contribution in [0.4, 0.5) is 18.9 Å². The van der Waals surface area contributed by atoms with Gasteiger partial charge in [-0.3, -0.25) is 9.59 Å². The maximum Gasteiger partial charge on any atom is 0.416 e. The van der Waals surface area contributed by atoms with Gasteiger partial charge in [0.1, 0.15) is 0 Å². The zero-order valence-corrected chi connectivity index (χ0v) is 13.8. The van der Waals surface area contributed by atoms with Gasteiger partial charge in [0, 0.05) is 24.7 Å².